The average Bonchev–Trinajstić information content (AvgIpc) is 2.91. The first-order valence-electron chi connectivity index (χ1n) is 8.92. The van der Waals surface area contributed by atoms with Crippen LogP contribution in [-0.2, 0) is 13.6 Å². The van der Waals surface area contributed by atoms with Crippen LogP contribution in [0.1, 0.15) is 51.8 Å². The van der Waals surface area contributed by atoms with Gasteiger partial charge in [0.2, 0.25) is 0 Å². The number of aryl methyl sites for hydroxylation is 1. The van der Waals surface area contributed by atoms with Crippen molar-refractivity contribution in [3.05, 3.63) is 12.2 Å². The van der Waals surface area contributed by atoms with Crippen molar-refractivity contribution in [2.75, 3.05) is 20.1 Å². The molecule has 0 radical (unpaired) electrons. The zero-order valence-corrected chi connectivity index (χ0v) is 15.1. The van der Waals surface area contributed by atoms with Crippen LogP contribution >= 0.6 is 0 Å². The van der Waals surface area contributed by atoms with Crippen molar-refractivity contribution in [1.82, 2.24) is 25.0 Å². The van der Waals surface area contributed by atoms with E-state index in [-0.39, 0.29) is 0 Å². The molecule has 1 aliphatic carbocycles. The van der Waals surface area contributed by atoms with Crippen LogP contribution in [-0.4, -0.2) is 45.8 Å². The van der Waals surface area contributed by atoms with Gasteiger partial charge in [0.15, 0.2) is 5.96 Å². The molecule has 2 atom stereocenters. The second-order valence-corrected chi connectivity index (χ2v) is 6.82. The SMILES string of the molecule is CCNC(=NCCC1CCCC(C)C1)N(C)Cc1ncnn1C. The molecule has 23 heavy (non-hydrogen) atoms. The highest BCUT2D eigenvalue weighted by atomic mass is 15.4. The Kier molecular flexibility index (Phi) is 6.86. The topological polar surface area (TPSA) is 58.3 Å². The monoisotopic (exact) mass is 320 g/mol. The van der Waals surface area contributed by atoms with Crippen molar-refractivity contribution in [3.8, 4) is 0 Å². The van der Waals surface area contributed by atoms with Gasteiger partial charge in [-0.05, 0) is 31.6 Å². The summed E-state index contributed by atoms with van der Waals surface area (Å²) in [6.45, 7) is 6.98. The Labute approximate surface area is 140 Å². The molecule has 1 aliphatic rings. The van der Waals surface area contributed by atoms with Crippen LogP contribution in [0.3, 0.4) is 0 Å². The average molecular weight is 320 g/mol. The van der Waals surface area contributed by atoms with Gasteiger partial charge in [-0.1, -0.05) is 26.2 Å². The first-order chi connectivity index (χ1) is 11.1. The Balaban J connectivity index is 1.87. The maximum Gasteiger partial charge on any atom is 0.194 e. The number of hydrogen-bond donors (Lipinski definition) is 1. The van der Waals surface area contributed by atoms with Gasteiger partial charge in [0, 0.05) is 27.2 Å². The van der Waals surface area contributed by atoms with Gasteiger partial charge in [-0.3, -0.25) is 9.67 Å². The summed E-state index contributed by atoms with van der Waals surface area (Å²) in [5.74, 6) is 3.65. The van der Waals surface area contributed by atoms with Gasteiger partial charge in [-0.25, -0.2) is 4.98 Å². The summed E-state index contributed by atoms with van der Waals surface area (Å²) in [6.07, 6.45) is 8.35. The number of nitrogens with one attached hydrogen (secondary N) is 1. The molecule has 6 heteroatoms. The number of aliphatic imine (C=N–C) groups is 1. The van der Waals surface area contributed by atoms with E-state index in [9.17, 15) is 0 Å². The summed E-state index contributed by atoms with van der Waals surface area (Å²) in [5.41, 5.74) is 0. The molecule has 130 valence electrons. The largest absolute Gasteiger partial charge is 0.357 e. The molecule has 0 spiro atoms. The van der Waals surface area contributed by atoms with Crippen molar-refractivity contribution < 1.29 is 0 Å². The van der Waals surface area contributed by atoms with E-state index in [4.69, 9.17) is 4.99 Å². The predicted molar refractivity (Wildman–Crippen MR) is 94.2 cm³/mol. The first kappa shape index (κ1) is 17.8. The summed E-state index contributed by atoms with van der Waals surface area (Å²) in [5, 5.41) is 7.50. The molecule has 2 unspecified atom stereocenters. The molecule has 1 aromatic rings. The molecule has 2 rings (SSSR count). The summed E-state index contributed by atoms with van der Waals surface area (Å²) in [6, 6.07) is 0. The van der Waals surface area contributed by atoms with E-state index in [1.807, 2.05) is 11.7 Å². The van der Waals surface area contributed by atoms with Crippen molar-refractivity contribution in [2.45, 2.75) is 52.5 Å². The maximum atomic E-state index is 4.82. The van der Waals surface area contributed by atoms with Gasteiger partial charge < -0.3 is 10.2 Å². The smallest absolute Gasteiger partial charge is 0.194 e. The second-order valence-electron chi connectivity index (χ2n) is 6.82. The minimum absolute atomic E-state index is 0.711. The molecule has 1 saturated carbocycles. The molecule has 0 saturated heterocycles. The third kappa shape index (κ3) is 5.52. The predicted octanol–water partition coefficient (Wildman–Crippen LogP) is 2.43. The van der Waals surface area contributed by atoms with Crippen molar-refractivity contribution in [2.24, 2.45) is 23.9 Å². The Morgan fingerprint density at radius 1 is 1.48 bits per heavy atom. The normalized spacial score (nSPS) is 22.2. The fourth-order valence-electron chi connectivity index (χ4n) is 3.39. The van der Waals surface area contributed by atoms with Crippen molar-refractivity contribution in [1.29, 1.82) is 0 Å². The van der Waals surface area contributed by atoms with Crippen LogP contribution in [0.4, 0.5) is 0 Å². The van der Waals surface area contributed by atoms with Gasteiger partial charge >= 0.3 is 0 Å². The summed E-state index contributed by atoms with van der Waals surface area (Å²) in [7, 11) is 3.98. The van der Waals surface area contributed by atoms with Gasteiger partial charge in [0.05, 0.1) is 6.54 Å². The van der Waals surface area contributed by atoms with E-state index in [1.54, 1.807) is 6.33 Å². The quantitative estimate of drug-likeness (QED) is 0.646. The Morgan fingerprint density at radius 2 is 2.30 bits per heavy atom. The molecule has 1 heterocycles. The lowest BCUT2D eigenvalue weighted by Crippen LogP contribution is -2.39. The Morgan fingerprint density at radius 3 is 2.96 bits per heavy atom. The third-order valence-corrected chi connectivity index (χ3v) is 4.72. The molecule has 0 aliphatic heterocycles. The lowest BCUT2D eigenvalue weighted by atomic mass is 9.81. The summed E-state index contributed by atoms with van der Waals surface area (Å²) in [4.78, 5) is 11.2. The molecule has 6 nitrogen and oxygen atoms in total. The van der Waals surface area contributed by atoms with E-state index in [0.717, 1.165) is 36.7 Å². The number of hydrogen-bond acceptors (Lipinski definition) is 3. The fraction of sp³-hybridized carbons (Fsp3) is 0.824. The van der Waals surface area contributed by atoms with E-state index in [0.29, 0.717) is 6.54 Å². The maximum absolute atomic E-state index is 4.82. The van der Waals surface area contributed by atoms with Crippen molar-refractivity contribution in [3.63, 3.8) is 0 Å². The molecular formula is C17H32N6. The Bertz CT molecular complexity index is 495. The van der Waals surface area contributed by atoms with Gasteiger partial charge in [-0.2, -0.15) is 5.10 Å². The summed E-state index contributed by atoms with van der Waals surface area (Å²) >= 11 is 0. The lowest BCUT2D eigenvalue weighted by molar-refractivity contribution is 0.272. The molecular weight excluding hydrogens is 288 g/mol. The number of rotatable bonds is 6. The molecule has 0 bridgehead atoms. The van der Waals surface area contributed by atoms with Crippen molar-refractivity contribution >= 4 is 5.96 Å². The van der Waals surface area contributed by atoms with Gasteiger partial charge in [0.25, 0.3) is 0 Å². The molecule has 1 N–H and O–H groups in total. The number of aromatic nitrogens is 3. The fourth-order valence-corrected chi connectivity index (χ4v) is 3.39. The van der Waals surface area contributed by atoms with Crippen LogP contribution < -0.4 is 5.32 Å². The lowest BCUT2D eigenvalue weighted by Gasteiger charge is -2.26. The van der Waals surface area contributed by atoms with Gasteiger partial charge in [0.1, 0.15) is 12.2 Å². The highest BCUT2D eigenvalue weighted by Gasteiger charge is 2.18. The van der Waals surface area contributed by atoms with Crippen LogP contribution in [0, 0.1) is 11.8 Å². The zero-order valence-electron chi connectivity index (χ0n) is 15.1. The molecule has 0 aromatic carbocycles. The Hall–Kier alpha value is -1.59. The molecule has 0 amide bonds. The highest BCUT2D eigenvalue weighted by Crippen LogP contribution is 2.30. The second kappa shape index (κ2) is 8.89. The number of nitrogens with zero attached hydrogens (tertiary/aromatic N) is 5. The minimum Gasteiger partial charge on any atom is -0.357 e. The standard InChI is InChI=1S/C17H32N6/c1-5-18-17(22(3)12-16-20-13-21-23(16)4)19-10-9-15-8-6-7-14(2)11-15/h13-15H,5-12H2,1-4H3,(H,18,19). The van der Waals surface area contributed by atoms with E-state index in [2.05, 4.69) is 41.2 Å². The zero-order chi connectivity index (χ0) is 16.7. The molecule has 1 fully saturated rings. The first-order valence-corrected chi connectivity index (χ1v) is 8.92. The van der Waals surface area contributed by atoms with Crippen LogP contribution in [0.2, 0.25) is 0 Å². The van der Waals surface area contributed by atoms with E-state index < -0.39 is 0 Å². The highest BCUT2D eigenvalue weighted by molar-refractivity contribution is 5.79. The third-order valence-electron chi connectivity index (χ3n) is 4.72. The van der Waals surface area contributed by atoms with E-state index >= 15 is 0 Å². The summed E-state index contributed by atoms with van der Waals surface area (Å²) < 4.78 is 1.81. The van der Waals surface area contributed by atoms with E-state index in [1.165, 1.54) is 32.1 Å². The van der Waals surface area contributed by atoms with Crippen LogP contribution in [0.15, 0.2) is 11.3 Å². The van der Waals surface area contributed by atoms with Gasteiger partial charge in [-0.15, -0.1) is 0 Å². The number of guanidine groups is 1. The minimum atomic E-state index is 0.711. The van der Waals surface area contributed by atoms with Crippen LogP contribution in [0.25, 0.3) is 0 Å². The van der Waals surface area contributed by atoms with Crippen LogP contribution in [0.5, 0.6) is 0 Å². The molecule has 1 aromatic heterocycles.